The van der Waals surface area contributed by atoms with E-state index in [1.807, 2.05) is 13.0 Å². The molecule has 202 valence electrons. The summed E-state index contributed by atoms with van der Waals surface area (Å²) in [4.78, 5) is 21.2. The molecule has 1 saturated heterocycles. The number of nitrogens with zero attached hydrogens (tertiary/aromatic N) is 3. The Bertz CT molecular complexity index is 1340. The summed E-state index contributed by atoms with van der Waals surface area (Å²) in [5.74, 6) is -1.31. The van der Waals surface area contributed by atoms with Gasteiger partial charge in [-0.2, -0.15) is 27.4 Å². The standard InChI is InChI=1S/C19H24N6O4S.C2HF3O2/c1-3-20-17-14-6-7-21-18(14)24-19(23-17)22-15-5-4-13(12-16(15)28-2)30(26,27)25-8-10-29-11-9-25;3-2(4,5)1(6)7/h4-7,12H,3,8-11H2,1-2H3,(H3,20,21,22,23,24);(H,6,7). The lowest BCUT2D eigenvalue weighted by Gasteiger charge is -2.26. The van der Waals surface area contributed by atoms with Gasteiger partial charge in [-0.1, -0.05) is 0 Å². The molecule has 37 heavy (non-hydrogen) atoms. The molecule has 12 nitrogen and oxygen atoms in total. The molecule has 0 spiro atoms. The lowest BCUT2D eigenvalue weighted by molar-refractivity contribution is -0.192. The molecule has 3 heterocycles. The number of H-pyrrole nitrogens is 1. The number of anilines is 3. The minimum absolute atomic E-state index is 0.167. The molecule has 1 aromatic carbocycles. The summed E-state index contributed by atoms with van der Waals surface area (Å²) in [6.45, 7) is 4.16. The zero-order valence-corrected chi connectivity index (χ0v) is 20.6. The zero-order chi connectivity index (χ0) is 27.2. The summed E-state index contributed by atoms with van der Waals surface area (Å²) in [7, 11) is -2.13. The molecule has 0 amide bonds. The van der Waals surface area contributed by atoms with Gasteiger partial charge in [0.15, 0.2) is 0 Å². The number of rotatable bonds is 7. The number of carboxylic acid groups (broad SMARTS) is 1. The van der Waals surface area contributed by atoms with Crippen molar-refractivity contribution < 1.29 is 41.0 Å². The van der Waals surface area contributed by atoms with Crippen molar-refractivity contribution in [2.75, 3.05) is 50.6 Å². The number of hydrogen-bond donors (Lipinski definition) is 4. The fourth-order valence-corrected chi connectivity index (χ4v) is 4.71. The van der Waals surface area contributed by atoms with E-state index in [2.05, 4.69) is 25.6 Å². The Hall–Kier alpha value is -3.63. The van der Waals surface area contributed by atoms with E-state index in [-0.39, 0.29) is 4.90 Å². The third-order valence-corrected chi connectivity index (χ3v) is 6.92. The van der Waals surface area contributed by atoms with E-state index in [0.717, 1.165) is 5.39 Å². The minimum atomic E-state index is -5.08. The summed E-state index contributed by atoms with van der Waals surface area (Å²) in [6.07, 6.45) is -3.28. The van der Waals surface area contributed by atoms with E-state index >= 15 is 0 Å². The summed E-state index contributed by atoms with van der Waals surface area (Å²) in [6, 6.07) is 6.61. The van der Waals surface area contributed by atoms with Gasteiger partial charge in [0, 0.05) is 31.9 Å². The van der Waals surface area contributed by atoms with Crippen molar-refractivity contribution in [1.29, 1.82) is 0 Å². The monoisotopic (exact) mass is 546 g/mol. The molecule has 0 saturated carbocycles. The third-order valence-electron chi connectivity index (χ3n) is 5.03. The first-order valence-electron chi connectivity index (χ1n) is 10.9. The van der Waals surface area contributed by atoms with Gasteiger partial charge >= 0.3 is 12.1 Å². The number of aromatic amines is 1. The first-order valence-corrected chi connectivity index (χ1v) is 12.3. The highest BCUT2D eigenvalue weighted by atomic mass is 32.2. The van der Waals surface area contributed by atoms with E-state index in [0.29, 0.717) is 61.7 Å². The Morgan fingerprint density at radius 2 is 1.92 bits per heavy atom. The van der Waals surface area contributed by atoms with Crippen LogP contribution in [0.25, 0.3) is 11.0 Å². The van der Waals surface area contributed by atoms with Crippen molar-refractivity contribution in [3.63, 3.8) is 0 Å². The van der Waals surface area contributed by atoms with E-state index < -0.39 is 22.2 Å². The average molecular weight is 547 g/mol. The van der Waals surface area contributed by atoms with Crippen LogP contribution in [0.4, 0.5) is 30.6 Å². The van der Waals surface area contributed by atoms with Gasteiger partial charge in [-0.05, 0) is 25.1 Å². The molecule has 0 atom stereocenters. The molecular formula is C21H25F3N6O6S. The van der Waals surface area contributed by atoms with Crippen LogP contribution >= 0.6 is 0 Å². The molecule has 0 aliphatic carbocycles. The second kappa shape index (κ2) is 11.6. The smallest absolute Gasteiger partial charge is 0.490 e. The summed E-state index contributed by atoms with van der Waals surface area (Å²) in [5, 5.41) is 14.4. The molecule has 0 unspecified atom stereocenters. The number of ether oxygens (including phenoxy) is 2. The quantitative estimate of drug-likeness (QED) is 0.347. The van der Waals surface area contributed by atoms with E-state index in [1.165, 1.54) is 17.5 Å². The highest BCUT2D eigenvalue weighted by molar-refractivity contribution is 7.89. The molecule has 0 radical (unpaired) electrons. The fraction of sp³-hybridized carbons (Fsp3) is 0.381. The number of fused-ring (bicyclic) bond motifs is 1. The van der Waals surface area contributed by atoms with Crippen molar-refractivity contribution in [2.45, 2.75) is 18.0 Å². The molecule has 1 aliphatic rings. The van der Waals surface area contributed by atoms with Crippen LogP contribution in [-0.4, -0.2) is 84.9 Å². The molecular weight excluding hydrogens is 521 g/mol. The van der Waals surface area contributed by atoms with Crippen molar-refractivity contribution in [3.8, 4) is 5.75 Å². The number of nitrogens with one attached hydrogen (secondary N) is 3. The van der Waals surface area contributed by atoms with Crippen molar-refractivity contribution >= 4 is 44.5 Å². The molecule has 1 aliphatic heterocycles. The van der Waals surface area contributed by atoms with Gasteiger partial charge in [0.05, 0.1) is 36.3 Å². The summed E-state index contributed by atoms with van der Waals surface area (Å²) in [5.41, 5.74) is 1.25. The number of methoxy groups -OCH3 is 1. The molecule has 16 heteroatoms. The number of halogens is 3. The maximum absolute atomic E-state index is 12.9. The Morgan fingerprint density at radius 1 is 1.24 bits per heavy atom. The maximum Gasteiger partial charge on any atom is 0.490 e. The number of aliphatic carboxylic acids is 1. The van der Waals surface area contributed by atoms with Crippen LogP contribution in [0.3, 0.4) is 0 Å². The summed E-state index contributed by atoms with van der Waals surface area (Å²) < 4.78 is 69.7. The van der Waals surface area contributed by atoms with Gasteiger partial charge in [-0.3, -0.25) is 0 Å². The maximum atomic E-state index is 12.9. The minimum Gasteiger partial charge on any atom is -0.495 e. The van der Waals surface area contributed by atoms with Gasteiger partial charge in [0.1, 0.15) is 17.2 Å². The lowest BCUT2D eigenvalue weighted by Crippen LogP contribution is -2.40. The van der Waals surface area contributed by atoms with Crippen LogP contribution in [0.2, 0.25) is 0 Å². The first-order chi connectivity index (χ1) is 17.5. The Morgan fingerprint density at radius 3 is 2.51 bits per heavy atom. The molecule has 2 aromatic heterocycles. The van der Waals surface area contributed by atoms with E-state index in [1.54, 1.807) is 18.3 Å². The number of carboxylic acids is 1. The van der Waals surface area contributed by atoms with Crippen LogP contribution < -0.4 is 15.4 Å². The van der Waals surface area contributed by atoms with Gasteiger partial charge in [-0.15, -0.1) is 0 Å². The number of aromatic nitrogens is 3. The van der Waals surface area contributed by atoms with Crippen molar-refractivity contribution in [2.24, 2.45) is 0 Å². The van der Waals surface area contributed by atoms with Gasteiger partial charge in [0.2, 0.25) is 16.0 Å². The Kier molecular flexibility index (Phi) is 8.77. The molecule has 4 rings (SSSR count). The predicted molar refractivity (Wildman–Crippen MR) is 128 cm³/mol. The van der Waals surface area contributed by atoms with Crippen LogP contribution in [0, 0.1) is 0 Å². The number of hydrogen-bond acceptors (Lipinski definition) is 9. The summed E-state index contributed by atoms with van der Waals surface area (Å²) >= 11 is 0. The van der Waals surface area contributed by atoms with Crippen molar-refractivity contribution in [1.82, 2.24) is 19.3 Å². The second-order valence-corrected chi connectivity index (χ2v) is 9.41. The number of carbonyl (C=O) groups is 1. The Labute approximate surface area is 209 Å². The van der Waals surface area contributed by atoms with Gasteiger partial charge in [0.25, 0.3) is 0 Å². The number of benzene rings is 1. The number of alkyl halides is 3. The predicted octanol–water partition coefficient (Wildman–Crippen LogP) is 2.80. The van der Waals surface area contributed by atoms with Gasteiger partial charge in [-0.25, -0.2) is 13.2 Å². The average Bonchev–Trinajstić information content (AvgIpc) is 3.34. The topological polar surface area (TPSA) is 159 Å². The molecule has 3 aromatic rings. The highest BCUT2D eigenvalue weighted by Crippen LogP contribution is 2.32. The van der Waals surface area contributed by atoms with E-state index in [9.17, 15) is 21.6 Å². The highest BCUT2D eigenvalue weighted by Gasteiger charge is 2.38. The number of morpholine rings is 1. The van der Waals surface area contributed by atoms with Crippen LogP contribution in [0.15, 0.2) is 35.4 Å². The van der Waals surface area contributed by atoms with Crippen LogP contribution in [0.1, 0.15) is 6.92 Å². The third kappa shape index (κ3) is 6.78. The SMILES string of the molecule is CCNc1nc(Nc2ccc(S(=O)(=O)N3CCOCC3)cc2OC)nc2[nH]ccc12.O=C(O)C(F)(F)F. The lowest BCUT2D eigenvalue weighted by atomic mass is 10.3. The number of sulfonamides is 1. The first kappa shape index (κ1) is 27.9. The largest absolute Gasteiger partial charge is 0.495 e. The van der Waals surface area contributed by atoms with Crippen molar-refractivity contribution in [3.05, 3.63) is 30.5 Å². The van der Waals surface area contributed by atoms with Crippen LogP contribution in [0.5, 0.6) is 5.75 Å². The van der Waals surface area contributed by atoms with Crippen LogP contribution in [-0.2, 0) is 19.6 Å². The molecule has 0 bridgehead atoms. The second-order valence-electron chi connectivity index (χ2n) is 7.47. The molecule has 4 N–H and O–H groups in total. The van der Waals surface area contributed by atoms with E-state index in [4.69, 9.17) is 19.4 Å². The fourth-order valence-electron chi connectivity index (χ4n) is 3.29. The normalized spacial score (nSPS) is 14.5. The molecule has 1 fully saturated rings. The Balaban J connectivity index is 0.000000479. The van der Waals surface area contributed by atoms with Gasteiger partial charge < -0.3 is 30.2 Å². The zero-order valence-electron chi connectivity index (χ0n) is 19.8.